The second-order valence-corrected chi connectivity index (χ2v) is 6.94. The lowest BCUT2D eigenvalue weighted by molar-refractivity contribution is 0.268. The Morgan fingerprint density at radius 2 is 1.52 bits per heavy atom. The molecule has 120 valence electrons. The van der Waals surface area contributed by atoms with Crippen LogP contribution >= 0.6 is 15.9 Å². The predicted octanol–water partition coefficient (Wildman–Crippen LogP) is 5.79. The Labute approximate surface area is 138 Å². The van der Waals surface area contributed by atoms with E-state index in [0.29, 0.717) is 16.7 Å². The van der Waals surface area contributed by atoms with E-state index in [0.717, 1.165) is 37.6 Å². The van der Waals surface area contributed by atoms with Gasteiger partial charge < -0.3 is 9.47 Å². The van der Waals surface area contributed by atoms with Crippen molar-refractivity contribution in [1.82, 2.24) is 0 Å². The molecule has 0 aliphatic carbocycles. The van der Waals surface area contributed by atoms with Gasteiger partial charge in [-0.15, -0.1) is 0 Å². The Morgan fingerprint density at radius 1 is 0.952 bits per heavy atom. The molecule has 0 bridgehead atoms. The van der Waals surface area contributed by atoms with E-state index in [1.54, 1.807) is 0 Å². The zero-order chi connectivity index (χ0) is 15.8. The van der Waals surface area contributed by atoms with Gasteiger partial charge in [-0.1, -0.05) is 56.6 Å². The van der Waals surface area contributed by atoms with Gasteiger partial charge in [-0.25, -0.2) is 0 Å². The summed E-state index contributed by atoms with van der Waals surface area (Å²) >= 11 is 3.81. The fraction of sp³-hybridized carbons (Fsp3) is 0.667. The molecule has 2 unspecified atom stereocenters. The zero-order valence-corrected chi connectivity index (χ0v) is 15.6. The van der Waals surface area contributed by atoms with Crippen LogP contribution in [0.4, 0.5) is 0 Å². The normalized spacial score (nSPS) is 14.0. The molecular formula is C18H29BrO2. The number of ether oxygens (including phenoxy) is 2. The van der Waals surface area contributed by atoms with Gasteiger partial charge in [0.2, 0.25) is 0 Å². The summed E-state index contributed by atoms with van der Waals surface area (Å²) in [7, 11) is 0. The lowest BCUT2D eigenvalue weighted by Gasteiger charge is -2.23. The van der Waals surface area contributed by atoms with Crippen molar-refractivity contribution in [3.8, 4) is 11.5 Å². The summed E-state index contributed by atoms with van der Waals surface area (Å²) in [6, 6.07) is 6.35. The molecule has 0 spiro atoms. The number of hydrogen-bond donors (Lipinski definition) is 0. The van der Waals surface area contributed by atoms with Crippen molar-refractivity contribution < 1.29 is 9.47 Å². The minimum atomic E-state index is 0.439. The first kappa shape index (κ1) is 18.3. The number of rotatable bonds is 9. The van der Waals surface area contributed by atoms with Crippen LogP contribution in [0.2, 0.25) is 0 Å². The molecule has 0 heterocycles. The van der Waals surface area contributed by atoms with Crippen molar-refractivity contribution in [1.29, 1.82) is 0 Å². The molecule has 2 atom stereocenters. The van der Waals surface area contributed by atoms with Crippen LogP contribution in [0.5, 0.6) is 11.5 Å². The molecule has 0 fully saturated rings. The van der Waals surface area contributed by atoms with Crippen molar-refractivity contribution >= 4 is 15.9 Å². The second-order valence-electron chi connectivity index (χ2n) is 5.88. The van der Waals surface area contributed by atoms with E-state index in [-0.39, 0.29) is 0 Å². The third kappa shape index (κ3) is 5.54. The van der Waals surface area contributed by atoms with Gasteiger partial charge in [-0.2, -0.15) is 0 Å². The molecule has 1 aromatic rings. The average Bonchev–Trinajstić information content (AvgIpc) is 2.49. The highest BCUT2D eigenvalue weighted by atomic mass is 79.9. The molecule has 0 aliphatic rings. The monoisotopic (exact) mass is 356 g/mol. The fourth-order valence-corrected chi connectivity index (χ4v) is 2.53. The minimum Gasteiger partial charge on any atom is -0.490 e. The van der Waals surface area contributed by atoms with Crippen molar-refractivity contribution in [3.05, 3.63) is 23.8 Å². The zero-order valence-electron chi connectivity index (χ0n) is 14.0. The third-order valence-electron chi connectivity index (χ3n) is 3.53. The van der Waals surface area contributed by atoms with E-state index in [2.05, 4.69) is 62.7 Å². The van der Waals surface area contributed by atoms with E-state index in [9.17, 15) is 0 Å². The third-order valence-corrected chi connectivity index (χ3v) is 5.38. The maximum Gasteiger partial charge on any atom is 0.161 e. The molecule has 0 amide bonds. The standard InChI is InChI=1S/C18H29BrO2/c1-6-10-20-16-9-8-15(12-17(16)21-11-7-2)14(5)18(19)13(3)4/h8-9,12-14,18H,6-7,10-11H2,1-5H3. The molecule has 0 radical (unpaired) electrons. The summed E-state index contributed by atoms with van der Waals surface area (Å²) in [5.74, 6) is 2.76. The molecule has 2 nitrogen and oxygen atoms in total. The van der Waals surface area contributed by atoms with Crippen molar-refractivity contribution in [2.24, 2.45) is 5.92 Å². The first-order valence-electron chi connectivity index (χ1n) is 8.04. The van der Waals surface area contributed by atoms with Gasteiger partial charge in [0.1, 0.15) is 0 Å². The van der Waals surface area contributed by atoms with Crippen LogP contribution in [0.1, 0.15) is 58.9 Å². The molecule has 0 saturated carbocycles. The summed E-state index contributed by atoms with van der Waals surface area (Å²) in [6.45, 7) is 12.4. The smallest absolute Gasteiger partial charge is 0.161 e. The van der Waals surface area contributed by atoms with Gasteiger partial charge in [0.15, 0.2) is 11.5 Å². The van der Waals surface area contributed by atoms with Crippen LogP contribution in [-0.2, 0) is 0 Å². The highest BCUT2D eigenvalue weighted by Crippen LogP contribution is 2.35. The van der Waals surface area contributed by atoms with Gasteiger partial charge in [0.25, 0.3) is 0 Å². The minimum absolute atomic E-state index is 0.439. The molecular weight excluding hydrogens is 328 g/mol. The molecule has 0 aliphatic heterocycles. The topological polar surface area (TPSA) is 18.5 Å². The van der Waals surface area contributed by atoms with E-state index in [1.807, 2.05) is 6.07 Å². The van der Waals surface area contributed by atoms with E-state index >= 15 is 0 Å². The number of hydrogen-bond acceptors (Lipinski definition) is 2. The maximum absolute atomic E-state index is 5.87. The van der Waals surface area contributed by atoms with E-state index in [4.69, 9.17) is 9.47 Å². The lowest BCUT2D eigenvalue weighted by Crippen LogP contribution is -2.15. The van der Waals surface area contributed by atoms with E-state index < -0.39 is 0 Å². The molecule has 1 rings (SSSR count). The van der Waals surface area contributed by atoms with Crippen LogP contribution in [0.25, 0.3) is 0 Å². The van der Waals surface area contributed by atoms with Gasteiger partial charge in [-0.05, 0) is 42.4 Å². The number of benzene rings is 1. The molecule has 21 heavy (non-hydrogen) atoms. The first-order chi connectivity index (χ1) is 10.0. The van der Waals surface area contributed by atoms with Gasteiger partial charge >= 0.3 is 0 Å². The highest BCUT2D eigenvalue weighted by molar-refractivity contribution is 9.09. The predicted molar refractivity (Wildman–Crippen MR) is 94.0 cm³/mol. The Bertz CT molecular complexity index is 418. The number of alkyl halides is 1. The quantitative estimate of drug-likeness (QED) is 0.521. The Morgan fingerprint density at radius 3 is 2.05 bits per heavy atom. The van der Waals surface area contributed by atoms with Crippen LogP contribution in [0.3, 0.4) is 0 Å². The summed E-state index contributed by atoms with van der Waals surface area (Å²) in [5.41, 5.74) is 1.29. The molecule has 0 saturated heterocycles. The summed E-state index contributed by atoms with van der Waals surface area (Å²) in [4.78, 5) is 0.457. The van der Waals surface area contributed by atoms with E-state index in [1.165, 1.54) is 5.56 Å². The van der Waals surface area contributed by atoms with Crippen LogP contribution in [0.15, 0.2) is 18.2 Å². The van der Waals surface area contributed by atoms with Crippen LogP contribution < -0.4 is 9.47 Å². The molecule has 0 N–H and O–H groups in total. The summed E-state index contributed by atoms with van der Waals surface area (Å²) < 4.78 is 11.7. The average molecular weight is 357 g/mol. The molecule has 0 aromatic heterocycles. The SMILES string of the molecule is CCCOc1ccc(C(C)C(Br)C(C)C)cc1OCCC. The second kappa shape index (κ2) is 9.34. The van der Waals surface area contributed by atoms with Crippen molar-refractivity contribution in [2.45, 2.75) is 58.2 Å². The van der Waals surface area contributed by atoms with Gasteiger partial charge in [-0.3, -0.25) is 0 Å². The maximum atomic E-state index is 5.87. The van der Waals surface area contributed by atoms with Gasteiger partial charge in [0.05, 0.1) is 13.2 Å². The Kier molecular flexibility index (Phi) is 8.16. The highest BCUT2D eigenvalue weighted by Gasteiger charge is 2.20. The Balaban J connectivity index is 2.96. The first-order valence-corrected chi connectivity index (χ1v) is 8.96. The van der Waals surface area contributed by atoms with Crippen molar-refractivity contribution in [2.75, 3.05) is 13.2 Å². The van der Waals surface area contributed by atoms with Crippen LogP contribution in [-0.4, -0.2) is 18.0 Å². The summed E-state index contributed by atoms with van der Waals surface area (Å²) in [5, 5.41) is 0. The molecule has 1 aromatic carbocycles. The summed E-state index contributed by atoms with van der Waals surface area (Å²) in [6.07, 6.45) is 2.00. The van der Waals surface area contributed by atoms with Gasteiger partial charge in [0, 0.05) is 4.83 Å². The van der Waals surface area contributed by atoms with Crippen molar-refractivity contribution in [3.63, 3.8) is 0 Å². The lowest BCUT2D eigenvalue weighted by atomic mass is 9.91. The Hall–Kier alpha value is -0.700. The molecule has 3 heteroatoms. The van der Waals surface area contributed by atoms with Crippen LogP contribution in [0, 0.1) is 5.92 Å². The fourth-order valence-electron chi connectivity index (χ4n) is 2.23. The largest absolute Gasteiger partial charge is 0.490 e. The number of halogens is 1.